The molecule has 0 aliphatic carbocycles. The number of ether oxygens (including phenoxy) is 2. The average molecular weight is 420 g/mol. The van der Waals surface area contributed by atoms with Crippen LogP contribution in [0, 0.1) is 0 Å². The van der Waals surface area contributed by atoms with E-state index in [1.807, 2.05) is 26.0 Å². The second-order valence-corrected chi connectivity index (χ2v) is 8.44. The van der Waals surface area contributed by atoms with Crippen LogP contribution >= 0.6 is 0 Å². The summed E-state index contributed by atoms with van der Waals surface area (Å²) in [4.78, 5) is 0. The molecule has 0 saturated carbocycles. The summed E-state index contributed by atoms with van der Waals surface area (Å²) in [7, 11) is 0. The minimum Gasteiger partial charge on any atom is -0.493 e. The number of benzene rings is 3. The second kappa shape index (κ2) is 12.4. The first-order valence-corrected chi connectivity index (χ1v) is 11.8. The highest BCUT2D eigenvalue weighted by Gasteiger charge is 2.09. The van der Waals surface area contributed by atoms with Gasteiger partial charge in [0.2, 0.25) is 0 Å². The molecule has 0 aliphatic rings. The molecule has 0 aromatic heterocycles. The maximum Gasteiger partial charge on any atom is 0.124 e. The zero-order valence-corrected chi connectivity index (χ0v) is 19.3. The van der Waals surface area contributed by atoms with Gasteiger partial charge in [0.05, 0.1) is 12.7 Å². The lowest BCUT2D eigenvalue weighted by molar-refractivity contribution is 0.242. The largest absolute Gasteiger partial charge is 0.493 e. The van der Waals surface area contributed by atoms with Crippen LogP contribution in [0.3, 0.4) is 0 Å². The average Bonchev–Trinajstić information content (AvgIpc) is 2.78. The van der Waals surface area contributed by atoms with Gasteiger partial charge in [-0.25, -0.2) is 0 Å². The molecular weight excluding hydrogens is 382 g/mol. The van der Waals surface area contributed by atoms with Gasteiger partial charge >= 0.3 is 0 Å². The van der Waals surface area contributed by atoms with Gasteiger partial charge in [-0.2, -0.15) is 0 Å². The predicted molar refractivity (Wildman–Crippen MR) is 131 cm³/mol. The zero-order valence-electron chi connectivity index (χ0n) is 19.3. The molecule has 0 unspecified atom stereocenters. The van der Waals surface area contributed by atoms with Crippen LogP contribution in [0.1, 0.15) is 64.0 Å². The molecule has 0 spiro atoms. The minimum absolute atomic E-state index is 0.195. The fraction of sp³-hybridized carbons (Fsp3) is 0.429. The molecule has 166 valence electrons. The lowest BCUT2D eigenvalue weighted by Crippen LogP contribution is -2.14. The molecule has 31 heavy (non-hydrogen) atoms. The van der Waals surface area contributed by atoms with Crippen LogP contribution in [0.2, 0.25) is 0 Å². The Labute approximate surface area is 187 Å². The normalized spacial score (nSPS) is 11.2. The first kappa shape index (κ1) is 23.1. The smallest absolute Gasteiger partial charge is 0.124 e. The van der Waals surface area contributed by atoms with Crippen LogP contribution in [0.15, 0.2) is 60.7 Å². The zero-order chi connectivity index (χ0) is 21.9. The molecule has 3 aromatic carbocycles. The molecule has 0 atom stereocenters. The van der Waals surface area contributed by atoms with E-state index in [2.05, 4.69) is 60.8 Å². The molecule has 3 rings (SSSR count). The van der Waals surface area contributed by atoms with Crippen molar-refractivity contribution in [2.24, 2.45) is 0 Å². The van der Waals surface area contributed by atoms with E-state index in [0.29, 0.717) is 0 Å². The number of hydrogen-bond donors (Lipinski definition) is 1. The third-order valence-corrected chi connectivity index (χ3v) is 5.43. The third-order valence-electron chi connectivity index (χ3n) is 5.43. The van der Waals surface area contributed by atoms with E-state index in [-0.39, 0.29) is 6.10 Å². The van der Waals surface area contributed by atoms with Crippen molar-refractivity contribution in [3.63, 3.8) is 0 Å². The number of nitrogens with one attached hydrogen (secondary N) is 1. The Morgan fingerprint density at radius 1 is 0.806 bits per heavy atom. The number of hydrogen-bond acceptors (Lipinski definition) is 3. The van der Waals surface area contributed by atoms with E-state index in [1.165, 1.54) is 47.6 Å². The Balaban J connectivity index is 1.62. The monoisotopic (exact) mass is 419 g/mol. The van der Waals surface area contributed by atoms with Crippen molar-refractivity contribution in [1.82, 2.24) is 5.32 Å². The predicted octanol–water partition coefficient (Wildman–Crippen LogP) is 7.27. The molecule has 0 bridgehead atoms. The molecule has 3 aromatic rings. The van der Waals surface area contributed by atoms with Gasteiger partial charge in [0.15, 0.2) is 0 Å². The van der Waals surface area contributed by atoms with E-state index in [4.69, 9.17) is 9.47 Å². The van der Waals surface area contributed by atoms with E-state index >= 15 is 0 Å². The van der Waals surface area contributed by atoms with Gasteiger partial charge in [0.1, 0.15) is 11.5 Å². The Hall–Kier alpha value is -2.52. The highest BCUT2D eigenvalue weighted by Crippen LogP contribution is 2.28. The summed E-state index contributed by atoms with van der Waals surface area (Å²) in [5.74, 6) is 1.92. The first-order chi connectivity index (χ1) is 15.2. The Morgan fingerprint density at radius 3 is 2.35 bits per heavy atom. The summed E-state index contributed by atoms with van der Waals surface area (Å²) in [5, 5.41) is 6.13. The van der Waals surface area contributed by atoms with Crippen molar-refractivity contribution in [2.45, 2.75) is 72.1 Å². The summed E-state index contributed by atoms with van der Waals surface area (Å²) in [6, 6.07) is 21.2. The highest BCUT2D eigenvalue weighted by atomic mass is 16.5. The van der Waals surface area contributed by atoms with Crippen LogP contribution in [-0.2, 0) is 13.1 Å². The maximum absolute atomic E-state index is 6.22. The molecule has 0 fully saturated rings. The maximum atomic E-state index is 6.22. The second-order valence-electron chi connectivity index (χ2n) is 8.44. The van der Waals surface area contributed by atoms with Crippen molar-refractivity contribution >= 4 is 10.8 Å². The molecule has 3 nitrogen and oxygen atoms in total. The van der Waals surface area contributed by atoms with Crippen molar-refractivity contribution < 1.29 is 9.47 Å². The van der Waals surface area contributed by atoms with E-state index in [0.717, 1.165) is 37.6 Å². The van der Waals surface area contributed by atoms with Gasteiger partial charge in [-0.15, -0.1) is 0 Å². The molecular formula is C28H37NO2. The van der Waals surface area contributed by atoms with Gasteiger partial charge in [-0.05, 0) is 54.8 Å². The number of rotatable bonds is 13. The summed E-state index contributed by atoms with van der Waals surface area (Å²) < 4.78 is 12.0. The first-order valence-electron chi connectivity index (χ1n) is 11.8. The topological polar surface area (TPSA) is 30.5 Å². The fourth-order valence-electron chi connectivity index (χ4n) is 3.81. The fourth-order valence-corrected chi connectivity index (χ4v) is 3.81. The highest BCUT2D eigenvalue weighted by molar-refractivity contribution is 5.87. The van der Waals surface area contributed by atoms with Crippen LogP contribution < -0.4 is 14.8 Å². The molecule has 0 saturated heterocycles. The molecule has 1 N–H and O–H groups in total. The van der Waals surface area contributed by atoms with E-state index in [1.54, 1.807) is 0 Å². The van der Waals surface area contributed by atoms with Crippen LogP contribution in [0.25, 0.3) is 10.8 Å². The molecule has 0 heterocycles. The number of unbranched alkanes of at least 4 members (excludes halogenated alkanes) is 4. The Morgan fingerprint density at radius 2 is 1.58 bits per heavy atom. The van der Waals surface area contributed by atoms with Crippen LogP contribution in [-0.4, -0.2) is 12.7 Å². The van der Waals surface area contributed by atoms with Gasteiger partial charge in [0.25, 0.3) is 0 Å². The molecule has 3 heteroatoms. The minimum atomic E-state index is 0.195. The quantitative estimate of drug-likeness (QED) is 0.296. The lowest BCUT2D eigenvalue weighted by atomic mass is 10.0. The van der Waals surface area contributed by atoms with Gasteiger partial charge in [0, 0.05) is 18.7 Å². The molecule has 0 aliphatic heterocycles. The van der Waals surface area contributed by atoms with Crippen molar-refractivity contribution in [3.8, 4) is 11.5 Å². The summed E-state index contributed by atoms with van der Waals surface area (Å²) >= 11 is 0. The summed E-state index contributed by atoms with van der Waals surface area (Å²) in [5.41, 5.74) is 2.49. The van der Waals surface area contributed by atoms with Gasteiger partial charge in [-0.1, -0.05) is 75.1 Å². The summed E-state index contributed by atoms with van der Waals surface area (Å²) in [6.07, 6.45) is 6.44. The van der Waals surface area contributed by atoms with E-state index < -0.39 is 0 Å². The van der Waals surface area contributed by atoms with E-state index in [9.17, 15) is 0 Å². The number of fused-ring (bicyclic) bond motifs is 1. The SMILES string of the molecule is CCCCCCCOc1ccc2ccccc2c1CNCc1ccc(OC(C)C)cc1. The van der Waals surface area contributed by atoms with Gasteiger partial charge in [-0.3, -0.25) is 0 Å². The van der Waals surface area contributed by atoms with Crippen molar-refractivity contribution in [2.75, 3.05) is 6.61 Å². The van der Waals surface area contributed by atoms with Gasteiger partial charge < -0.3 is 14.8 Å². The molecule has 0 amide bonds. The molecule has 0 radical (unpaired) electrons. The van der Waals surface area contributed by atoms with Crippen molar-refractivity contribution in [3.05, 3.63) is 71.8 Å². The Bertz CT molecular complexity index is 918. The lowest BCUT2D eigenvalue weighted by Gasteiger charge is -2.15. The van der Waals surface area contributed by atoms with Crippen molar-refractivity contribution in [1.29, 1.82) is 0 Å². The standard InChI is InChI=1S/C28H37NO2/c1-4-5-6-7-10-19-30-28-18-15-24-11-8-9-12-26(24)27(28)21-29-20-23-13-16-25(17-14-23)31-22(2)3/h8-9,11-18,22,29H,4-7,10,19-21H2,1-3H3. The van der Waals surface area contributed by atoms with Crippen LogP contribution in [0.5, 0.6) is 11.5 Å². The Kier molecular flexibility index (Phi) is 9.23. The third kappa shape index (κ3) is 7.29. The summed E-state index contributed by atoms with van der Waals surface area (Å²) in [6.45, 7) is 8.71. The van der Waals surface area contributed by atoms with Crippen LogP contribution in [0.4, 0.5) is 0 Å².